The first kappa shape index (κ1) is 22.9. The third kappa shape index (κ3) is 5.00. The zero-order chi connectivity index (χ0) is 24.2. The molecule has 0 unspecified atom stereocenters. The van der Waals surface area contributed by atoms with Crippen LogP contribution < -0.4 is 5.32 Å². The summed E-state index contributed by atoms with van der Waals surface area (Å²) in [5.41, 5.74) is 3.07. The van der Waals surface area contributed by atoms with Crippen molar-refractivity contribution in [3.05, 3.63) is 71.8 Å². The molecule has 35 heavy (non-hydrogen) atoms. The Labute approximate surface area is 203 Å². The maximum Gasteiger partial charge on any atom is 0.258 e. The summed E-state index contributed by atoms with van der Waals surface area (Å²) < 4.78 is 3.77. The van der Waals surface area contributed by atoms with E-state index in [9.17, 15) is 4.79 Å². The van der Waals surface area contributed by atoms with Gasteiger partial charge in [0.25, 0.3) is 5.78 Å². The van der Waals surface area contributed by atoms with Crippen LogP contribution in [0, 0.1) is 6.92 Å². The van der Waals surface area contributed by atoms with E-state index in [1.54, 1.807) is 4.52 Å². The van der Waals surface area contributed by atoms with E-state index in [1.165, 1.54) is 5.56 Å². The molecule has 0 saturated carbocycles. The zero-order valence-electron chi connectivity index (χ0n) is 20.2. The van der Waals surface area contributed by atoms with Gasteiger partial charge in [0.1, 0.15) is 11.6 Å². The lowest BCUT2D eigenvalue weighted by molar-refractivity contribution is -0.121. The van der Waals surface area contributed by atoms with Gasteiger partial charge in [-0.05, 0) is 51.1 Å². The third-order valence-corrected chi connectivity index (χ3v) is 6.14. The molecule has 0 saturated heterocycles. The number of carbonyl (C=O) groups is 1. The monoisotopic (exact) mass is 470 g/mol. The minimum atomic E-state index is 0.0729. The van der Waals surface area contributed by atoms with Gasteiger partial charge >= 0.3 is 0 Å². The van der Waals surface area contributed by atoms with Crippen molar-refractivity contribution in [1.29, 1.82) is 0 Å². The standard InChI is InChI=1S/C26H30N8O/c1-19-28-25-21-12-6-7-13-22(21)33-23(29-30-26(33)34(25)31-19)14-8-15-24(35)27-16-9-17-32(2)18-20-10-4-3-5-11-20/h3-7,10-13H,8-9,14-18H2,1-2H3,(H,27,35). The molecule has 2 aromatic carbocycles. The number of nitrogens with zero attached hydrogens (tertiary/aromatic N) is 7. The Morgan fingerprint density at radius 2 is 1.83 bits per heavy atom. The molecule has 9 nitrogen and oxygen atoms in total. The van der Waals surface area contributed by atoms with Gasteiger partial charge in [-0.15, -0.1) is 15.3 Å². The van der Waals surface area contributed by atoms with Gasteiger partial charge in [0, 0.05) is 31.3 Å². The highest BCUT2D eigenvalue weighted by molar-refractivity contribution is 5.93. The number of fused-ring (bicyclic) bond motifs is 6. The summed E-state index contributed by atoms with van der Waals surface area (Å²) in [6.07, 6.45) is 2.72. The van der Waals surface area contributed by atoms with Crippen LogP contribution in [0.4, 0.5) is 0 Å². The second-order valence-corrected chi connectivity index (χ2v) is 8.94. The second-order valence-electron chi connectivity index (χ2n) is 8.94. The van der Waals surface area contributed by atoms with Crippen molar-refractivity contribution >= 4 is 28.2 Å². The number of nitrogens with one attached hydrogen (secondary N) is 1. The Bertz CT molecular complexity index is 1460. The lowest BCUT2D eigenvalue weighted by atomic mass is 10.2. The lowest BCUT2D eigenvalue weighted by Crippen LogP contribution is -2.28. The molecule has 3 heterocycles. The zero-order valence-corrected chi connectivity index (χ0v) is 20.2. The summed E-state index contributed by atoms with van der Waals surface area (Å²) in [6, 6.07) is 18.5. The van der Waals surface area contributed by atoms with Gasteiger partial charge < -0.3 is 10.2 Å². The number of aromatic nitrogens is 6. The van der Waals surface area contributed by atoms with Crippen LogP contribution in [0.1, 0.15) is 36.5 Å². The van der Waals surface area contributed by atoms with Crippen LogP contribution in [0.5, 0.6) is 0 Å². The maximum absolute atomic E-state index is 12.4. The maximum atomic E-state index is 12.4. The average Bonchev–Trinajstić information content (AvgIpc) is 3.46. The van der Waals surface area contributed by atoms with Gasteiger partial charge in [-0.1, -0.05) is 42.5 Å². The van der Waals surface area contributed by atoms with Gasteiger partial charge in [-0.2, -0.15) is 4.52 Å². The molecule has 0 bridgehead atoms. The Morgan fingerprint density at radius 1 is 1.03 bits per heavy atom. The Morgan fingerprint density at radius 3 is 2.69 bits per heavy atom. The fourth-order valence-corrected chi connectivity index (χ4v) is 4.49. The Balaban J connectivity index is 1.14. The Kier molecular flexibility index (Phi) is 6.67. The van der Waals surface area contributed by atoms with Crippen molar-refractivity contribution in [2.24, 2.45) is 0 Å². The molecule has 0 spiro atoms. The average molecular weight is 471 g/mol. The molecule has 3 aromatic heterocycles. The molecule has 0 aliphatic rings. The molecule has 9 heteroatoms. The van der Waals surface area contributed by atoms with Crippen LogP contribution in [0.15, 0.2) is 54.6 Å². The molecular weight excluding hydrogens is 440 g/mol. The first-order chi connectivity index (χ1) is 17.1. The van der Waals surface area contributed by atoms with Crippen LogP contribution in [-0.4, -0.2) is 60.1 Å². The number of carbonyl (C=O) groups excluding carboxylic acids is 1. The summed E-state index contributed by atoms with van der Waals surface area (Å²) in [4.78, 5) is 19.2. The fraction of sp³-hybridized carbons (Fsp3) is 0.346. The van der Waals surface area contributed by atoms with Crippen molar-refractivity contribution in [2.75, 3.05) is 20.1 Å². The largest absolute Gasteiger partial charge is 0.356 e. The molecule has 0 fully saturated rings. The van der Waals surface area contributed by atoms with Crippen molar-refractivity contribution in [1.82, 2.24) is 39.4 Å². The molecule has 1 N–H and O–H groups in total. The first-order valence-corrected chi connectivity index (χ1v) is 12.1. The van der Waals surface area contributed by atoms with Crippen LogP contribution in [0.2, 0.25) is 0 Å². The number of aryl methyl sites for hydroxylation is 2. The van der Waals surface area contributed by atoms with Gasteiger partial charge in [0.05, 0.1) is 5.52 Å². The minimum absolute atomic E-state index is 0.0729. The number of hydrogen-bond donors (Lipinski definition) is 1. The van der Waals surface area contributed by atoms with Crippen LogP contribution in [-0.2, 0) is 17.8 Å². The fourth-order valence-electron chi connectivity index (χ4n) is 4.49. The summed E-state index contributed by atoms with van der Waals surface area (Å²) in [7, 11) is 2.11. The minimum Gasteiger partial charge on any atom is -0.356 e. The van der Waals surface area contributed by atoms with E-state index in [2.05, 4.69) is 61.8 Å². The predicted molar refractivity (Wildman–Crippen MR) is 135 cm³/mol. The van der Waals surface area contributed by atoms with E-state index in [1.807, 2.05) is 41.7 Å². The molecule has 0 radical (unpaired) electrons. The topological polar surface area (TPSA) is 92.7 Å². The van der Waals surface area contributed by atoms with Crippen molar-refractivity contribution < 1.29 is 4.79 Å². The highest BCUT2D eigenvalue weighted by Crippen LogP contribution is 2.22. The van der Waals surface area contributed by atoms with E-state index < -0.39 is 0 Å². The predicted octanol–water partition coefficient (Wildman–Crippen LogP) is 3.19. The SMILES string of the molecule is Cc1nc2c3ccccc3n3c(CCCC(=O)NCCCN(C)Cc4ccccc4)nnc3n2n1. The van der Waals surface area contributed by atoms with Gasteiger partial charge in [-0.25, -0.2) is 4.98 Å². The molecule has 0 aliphatic heterocycles. The van der Waals surface area contributed by atoms with E-state index in [0.29, 0.717) is 37.4 Å². The molecule has 1 amide bonds. The highest BCUT2D eigenvalue weighted by atomic mass is 16.1. The van der Waals surface area contributed by atoms with Crippen LogP contribution in [0.25, 0.3) is 22.3 Å². The van der Waals surface area contributed by atoms with Gasteiger partial charge in [0.2, 0.25) is 5.91 Å². The van der Waals surface area contributed by atoms with E-state index >= 15 is 0 Å². The summed E-state index contributed by atoms with van der Waals surface area (Å²) >= 11 is 0. The summed E-state index contributed by atoms with van der Waals surface area (Å²) in [5.74, 6) is 2.22. The summed E-state index contributed by atoms with van der Waals surface area (Å²) in [6.45, 7) is 4.40. The smallest absolute Gasteiger partial charge is 0.258 e. The molecular formula is C26H30N8O. The van der Waals surface area contributed by atoms with E-state index in [-0.39, 0.29) is 5.91 Å². The van der Waals surface area contributed by atoms with Gasteiger partial charge in [-0.3, -0.25) is 9.20 Å². The van der Waals surface area contributed by atoms with Crippen molar-refractivity contribution in [3.8, 4) is 0 Å². The number of hydrogen-bond acceptors (Lipinski definition) is 6. The van der Waals surface area contributed by atoms with Gasteiger partial charge in [0.15, 0.2) is 5.65 Å². The quantitative estimate of drug-likeness (QED) is 0.315. The van der Waals surface area contributed by atoms with Crippen molar-refractivity contribution in [2.45, 2.75) is 39.2 Å². The molecule has 180 valence electrons. The lowest BCUT2D eigenvalue weighted by Gasteiger charge is -2.16. The van der Waals surface area contributed by atoms with Crippen LogP contribution in [0.3, 0.4) is 0 Å². The van der Waals surface area contributed by atoms with E-state index in [4.69, 9.17) is 0 Å². The number of benzene rings is 2. The van der Waals surface area contributed by atoms with Crippen LogP contribution >= 0.6 is 0 Å². The Hall–Kier alpha value is -3.85. The molecule has 5 aromatic rings. The number of amides is 1. The highest BCUT2D eigenvalue weighted by Gasteiger charge is 2.16. The first-order valence-electron chi connectivity index (χ1n) is 12.1. The second kappa shape index (κ2) is 10.2. The normalized spacial score (nSPS) is 11.7. The third-order valence-electron chi connectivity index (χ3n) is 6.14. The number of rotatable bonds is 10. The van der Waals surface area contributed by atoms with Crippen molar-refractivity contribution in [3.63, 3.8) is 0 Å². The van der Waals surface area contributed by atoms with E-state index in [0.717, 1.165) is 41.9 Å². The number of para-hydroxylation sites is 1. The molecule has 0 atom stereocenters. The summed E-state index contributed by atoms with van der Waals surface area (Å²) in [5, 5.41) is 17.3. The molecule has 0 aliphatic carbocycles. The molecule has 5 rings (SSSR count).